The smallest absolute Gasteiger partial charge is 0.226 e. The van der Waals surface area contributed by atoms with Gasteiger partial charge < -0.3 is 15.4 Å². The Balaban J connectivity index is 2.44. The summed E-state index contributed by atoms with van der Waals surface area (Å²) >= 11 is 5.13. The normalized spacial score (nSPS) is 10.0. The molecule has 0 radical (unpaired) electrons. The molecule has 0 bridgehead atoms. The van der Waals surface area contributed by atoms with Gasteiger partial charge in [-0.15, -0.1) is 0 Å². The number of ether oxygens (including phenoxy) is 1. The molecule has 0 atom stereocenters. The monoisotopic (exact) mass is 308 g/mol. The van der Waals surface area contributed by atoms with Crippen LogP contribution in [0.25, 0.3) is 0 Å². The molecule has 0 saturated heterocycles. The van der Waals surface area contributed by atoms with Gasteiger partial charge >= 0.3 is 0 Å². The minimum absolute atomic E-state index is 0.0512. The van der Waals surface area contributed by atoms with E-state index in [-0.39, 0.29) is 5.91 Å². The first-order chi connectivity index (χ1) is 10.2. The molecule has 0 aromatic heterocycles. The zero-order valence-corrected chi connectivity index (χ0v) is 13.6. The lowest BCUT2D eigenvalue weighted by atomic mass is 10.2. The summed E-state index contributed by atoms with van der Waals surface area (Å²) in [6.45, 7) is 4.88. The van der Waals surface area contributed by atoms with Gasteiger partial charge in [0.1, 0.15) is 5.75 Å². The van der Waals surface area contributed by atoms with E-state index in [1.165, 1.54) is 0 Å². The molecular formula is C16H24N2O2S. The van der Waals surface area contributed by atoms with E-state index in [0.717, 1.165) is 37.1 Å². The van der Waals surface area contributed by atoms with E-state index >= 15 is 0 Å². The molecule has 5 heteroatoms. The lowest BCUT2D eigenvalue weighted by molar-refractivity contribution is -0.119. The molecule has 1 aromatic rings. The van der Waals surface area contributed by atoms with Crippen LogP contribution in [0.3, 0.4) is 0 Å². The molecule has 0 saturated carbocycles. The van der Waals surface area contributed by atoms with E-state index in [1.807, 2.05) is 31.2 Å². The zero-order valence-electron chi connectivity index (χ0n) is 12.8. The molecule has 0 aliphatic carbocycles. The standard InChI is InChI=1S/C16H24N2O2S/c1-3-5-10-15(19)18-16(21)17-13-8-7-9-14(12-13)20-11-6-4-2/h7-9,12H,3-6,10-11H2,1-2H3,(H2,17,18,19,21). The average molecular weight is 308 g/mol. The Kier molecular flexibility index (Phi) is 8.43. The molecule has 0 heterocycles. The van der Waals surface area contributed by atoms with Crippen LogP contribution in [0.5, 0.6) is 5.75 Å². The maximum atomic E-state index is 11.6. The van der Waals surface area contributed by atoms with Gasteiger partial charge in [0.15, 0.2) is 5.11 Å². The summed E-state index contributed by atoms with van der Waals surface area (Å²) in [5.74, 6) is 0.748. The first kappa shape index (κ1) is 17.4. The van der Waals surface area contributed by atoms with Crippen molar-refractivity contribution in [2.75, 3.05) is 11.9 Å². The minimum Gasteiger partial charge on any atom is -0.494 e. The molecule has 0 aliphatic rings. The molecule has 0 aliphatic heterocycles. The first-order valence-corrected chi connectivity index (χ1v) is 7.90. The molecule has 0 spiro atoms. The van der Waals surface area contributed by atoms with Crippen LogP contribution in [-0.4, -0.2) is 17.6 Å². The number of unbranched alkanes of at least 4 members (excludes halogenated alkanes) is 2. The Morgan fingerprint density at radius 1 is 1.24 bits per heavy atom. The van der Waals surface area contributed by atoms with Crippen molar-refractivity contribution < 1.29 is 9.53 Å². The second kappa shape index (κ2) is 10.2. The van der Waals surface area contributed by atoms with Crippen molar-refractivity contribution in [2.24, 2.45) is 0 Å². The van der Waals surface area contributed by atoms with E-state index in [2.05, 4.69) is 17.6 Å². The predicted octanol–water partition coefficient (Wildman–Crippen LogP) is 3.87. The van der Waals surface area contributed by atoms with Crippen molar-refractivity contribution in [2.45, 2.75) is 46.0 Å². The lowest BCUT2D eigenvalue weighted by Crippen LogP contribution is -2.33. The highest BCUT2D eigenvalue weighted by molar-refractivity contribution is 7.80. The van der Waals surface area contributed by atoms with Crippen LogP contribution < -0.4 is 15.4 Å². The van der Waals surface area contributed by atoms with Crippen LogP contribution in [0.1, 0.15) is 46.0 Å². The Bertz CT molecular complexity index is 463. The topological polar surface area (TPSA) is 50.4 Å². The number of benzene rings is 1. The minimum atomic E-state index is -0.0512. The highest BCUT2D eigenvalue weighted by atomic mass is 32.1. The van der Waals surface area contributed by atoms with Gasteiger partial charge in [0, 0.05) is 18.2 Å². The van der Waals surface area contributed by atoms with Gasteiger partial charge in [0.2, 0.25) is 5.91 Å². The van der Waals surface area contributed by atoms with Gasteiger partial charge in [-0.05, 0) is 37.2 Å². The Hall–Kier alpha value is -1.62. The summed E-state index contributed by atoms with van der Waals surface area (Å²) in [5.41, 5.74) is 0.810. The second-order valence-electron chi connectivity index (χ2n) is 4.84. The van der Waals surface area contributed by atoms with E-state index in [4.69, 9.17) is 17.0 Å². The molecule has 0 fully saturated rings. The third-order valence-corrected chi connectivity index (χ3v) is 3.07. The van der Waals surface area contributed by atoms with E-state index in [9.17, 15) is 4.79 Å². The van der Waals surface area contributed by atoms with Crippen LogP contribution in [-0.2, 0) is 4.79 Å². The van der Waals surface area contributed by atoms with Gasteiger partial charge in [-0.1, -0.05) is 32.8 Å². The molecule has 0 unspecified atom stereocenters. The summed E-state index contributed by atoms with van der Waals surface area (Å²) in [7, 11) is 0. The summed E-state index contributed by atoms with van der Waals surface area (Å²) in [4.78, 5) is 11.6. The fourth-order valence-electron chi connectivity index (χ4n) is 1.69. The van der Waals surface area contributed by atoms with Gasteiger partial charge in [-0.25, -0.2) is 0 Å². The van der Waals surface area contributed by atoms with Crippen LogP contribution in [0.2, 0.25) is 0 Å². The third-order valence-electron chi connectivity index (χ3n) is 2.87. The van der Waals surface area contributed by atoms with Gasteiger partial charge in [-0.3, -0.25) is 4.79 Å². The van der Waals surface area contributed by atoms with Crippen molar-refractivity contribution in [3.63, 3.8) is 0 Å². The van der Waals surface area contributed by atoms with Gasteiger partial charge in [0.25, 0.3) is 0 Å². The number of amides is 1. The quantitative estimate of drug-likeness (QED) is 0.565. The number of carbonyl (C=O) groups excluding carboxylic acids is 1. The van der Waals surface area contributed by atoms with Crippen molar-refractivity contribution in [1.29, 1.82) is 0 Å². The number of nitrogens with one attached hydrogen (secondary N) is 2. The first-order valence-electron chi connectivity index (χ1n) is 7.49. The van der Waals surface area contributed by atoms with Crippen LogP contribution in [0.15, 0.2) is 24.3 Å². The Morgan fingerprint density at radius 2 is 2.00 bits per heavy atom. The molecular weight excluding hydrogens is 284 g/mol. The maximum absolute atomic E-state index is 11.6. The van der Waals surface area contributed by atoms with Crippen molar-refractivity contribution >= 4 is 28.9 Å². The number of hydrogen-bond donors (Lipinski definition) is 2. The summed E-state index contributed by atoms with van der Waals surface area (Å²) in [6, 6.07) is 7.56. The Labute approximate surface area is 132 Å². The fourth-order valence-corrected chi connectivity index (χ4v) is 1.92. The number of anilines is 1. The van der Waals surface area contributed by atoms with Gasteiger partial charge in [-0.2, -0.15) is 0 Å². The van der Waals surface area contributed by atoms with Crippen molar-refractivity contribution in [3.8, 4) is 5.75 Å². The Morgan fingerprint density at radius 3 is 2.71 bits per heavy atom. The van der Waals surface area contributed by atoms with Gasteiger partial charge in [0.05, 0.1) is 6.61 Å². The molecule has 1 amide bonds. The zero-order chi connectivity index (χ0) is 15.5. The molecule has 116 valence electrons. The summed E-state index contributed by atoms with van der Waals surface area (Å²) in [5, 5.41) is 6.00. The van der Waals surface area contributed by atoms with Crippen molar-refractivity contribution in [1.82, 2.24) is 5.32 Å². The van der Waals surface area contributed by atoms with Crippen LogP contribution in [0.4, 0.5) is 5.69 Å². The maximum Gasteiger partial charge on any atom is 0.226 e. The average Bonchev–Trinajstić information content (AvgIpc) is 2.45. The van der Waals surface area contributed by atoms with E-state index < -0.39 is 0 Å². The third kappa shape index (κ3) is 7.66. The highest BCUT2D eigenvalue weighted by Gasteiger charge is 2.04. The largest absolute Gasteiger partial charge is 0.494 e. The lowest BCUT2D eigenvalue weighted by Gasteiger charge is -2.11. The SMILES string of the molecule is CCCCOc1cccc(NC(=S)NC(=O)CCCC)c1. The van der Waals surface area contributed by atoms with Crippen LogP contribution in [0, 0.1) is 0 Å². The molecule has 4 nitrogen and oxygen atoms in total. The summed E-state index contributed by atoms with van der Waals surface area (Å²) in [6.07, 6.45) is 4.49. The molecule has 1 rings (SSSR count). The fraction of sp³-hybridized carbons (Fsp3) is 0.500. The number of hydrogen-bond acceptors (Lipinski definition) is 3. The second-order valence-corrected chi connectivity index (χ2v) is 5.24. The highest BCUT2D eigenvalue weighted by Crippen LogP contribution is 2.17. The molecule has 1 aromatic carbocycles. The number of carbonyl (C=O) groups is 1. The predicted molar refractivity (Wildman–Crippen MR) is 90.7 cm³/mol. The van der Waals surface area contributed by atoms with E-state index in [1.54, 1.807) is 0 Å². The number of thiocarbonyl (C=S) groups is 1. The van der Waals surface area contributed by atoms with Crippen molar-refractivity contribution in [3.05, 3.63) is 24.3 Å². The number of rotatable bonds is 8. The van der Waals surface area contributed by atoms with E-state index in [0.29, 0.717) is 18.1 Å². The molecule has 2 N–H and O–H groups in total. The summed E-state index contributed by atoms with van der Waals surface area (Å²) < 4.78 is 5.63. The van der Waals surface area contributed by atoms with Crippen LogP contribution >= 0.6 is 12.2 Å². The molecule has 21 heavy (non-hydrogen) atoms.